The van der Waals surface area contributed by atoms with E-state index in [9.17, 15) is 0 Å². The van der Waals surface area contributed by atoms with Gasteiger partial charge in [0.15, 0.2) is 5.11 Å². The molecule has 2 atom stereocenters. The van der Waals surface area contributed by atoms with Crippen molar-refractivity contribution in [2.24, 2.45) is 0 Å². The van der Waals surface area contributed by atoms with Crippen LogP contribution >= 0.6 is 12.2 Å². The maximum absolute atomic E-state index is 5.63. The Morgan fingerprint density at radius 3 is 2.78 bits per heavy atom. The zero-order chi connectivity index (χ0) is 18.8. The van der Waals surface area contributed by atoms with Crippen molar-refractivity contribution < 1.29 is 4.74 Å². The summed E-state index contributed by atoms with van der Waals surface area (Å²) in [6, 6.07) is 18.3. The minimum atomic E-state index is -0.00194. The Morgan fingerprint density at radius 1 is 1.15 bits per heavy atom. The van der Waals surface area contributed by atoms with Gasteiger partial charge in [-0.15, -0.1) is 0 Å². The number of hydrogen-bond acceptors (Lipinski definition) is 3. The van der Waals surface area contributed by atoms with Crippen LogP contribution < -0.4 is 10.1 Å². The van der Waals surface area contributed by atoms with Gasteiger partial charge in [0.1, 0.15) is 5.75 Å². The molecule has 4 rings (SSSR count). The van der Waals surface area contributed by atoms with Crippen LogP contribution in [0.4, 0.5) is 0 Å². The van der Waals surface area contributed by atoms with Crippen LogP contribution in [0.2, 0.25) is 0 Å². The summed E-state index contributed by atoms with van der Waals surface area (Å²) >= 11 is 5.63. The molecule has 0 unspecified atom stereocenters. The van der Waals surface area contributed by atoms with Gasteiger partial charge in [0.25, 0.3) is 0 Å². The second-order valence-corrected chi connectivity index (χ2v) is 6.80. The van der Waals surface area contributed by atoms with E-state index in [0.717, 1.165) is 34.5 Å². The van der Waals surface area contributed by atoms with Crippen molar-refractivity contribution in [1.29, 1.82) is 0 Å². The molecule has 3 heterocycles. The molecule has 1 aromatic carbocycles. The zero-order valence-electron chi connectivity index (χ0n) is 15.4. The molecule has 0 amide bonds. The monoisotopic (exact) mass is 378 g/mol. The number of hydrogen-bond donors (Lipinski definition) is 1. The van der Waals surface area contributed by atoms with Crippen LogP contribution in [0.1, 0.15) is 30.4 Å². The standard InChI is InChI=1S/C21H22N4OS/c1-3-24-20(19(23-21(24)27)17-10-4-5-12-22-17)18-11-7-13-25(18)15-8-6-9-16(14-15)26-2/h4-14,19-20H,3H2,1-2H3,(H,23,27)/t19-,20-/m0/s1. The van der Waals surface area contributed by atoms with Crippen LogP contribution in [0.15, 0.2) is 67.0 Å². The first-order chi connectivity index (χ1) is 13.2. The average molecular weight is 379 g/mol. The number of benzene rings is 1. The molecule has 138 valence electrons. The van der Waals surface area contributed by atoms with Gasteiger partial charge < -0.3 is 19.5 Å². The van der Waals surface area contributed by atoms with E-state index in [-0.39, 0.29) is 12.1 Å². The Kier molecular flexibility index (Phi) is 4.81. The minimum absolute atomic E-state index is 0.00194. The highest BCUT2D eigenvalue weighted by Gasteiger charge is 2.40. The predicted molar refractivity (Wildman–Crippen MR) is 110 cm³/mol. The SMILES string of the molecule is CCN1C(=S)N[C@@H](c2ccccn2)[C@@H]1c1cccn1-c1cccc(OC)c1. The summed E-state index contributed by atoms with van der Waals surface area (Å²) in [5.41, 5.74) is 3.20. The Bertz CT molecular complexity index is 940. The summed E-state index contributed by atoms with van der Waals surface area (Å²) in [5, 5.41) is 4.23. The van der Waals surface area contributed by atoms with E-state index >= 15 is 0 Å². The van der Waals surface area contributed by atoms with Crippen LogP contribution in [0.3, 0.4) is 0 Å². The van der Waals surface area contributed by atoms with Gasteiger partial charge in [0, 0.05) is 36.4 Å². The predicted octanol–water partition coefficient (Wildman–Crippen LogP) is 3.87. The quantitative estimate of drug-likeness (QED) is 0.683. The van der Waals surface area contributed by atoms with Crippen molar-refractivity contribution in [3.8, 4) is 11.4 Å². The molecule has 27 heavy (non-hydrogen) atoms. The summed E-state index contributed by atoms with van der Waals surface area (Å²) in [6.45, 7) is 2.95. The Balaban J connectivity index is 1.80. The molecule has 6 heteroatoms. The van der Waals surface area contributed by atoms with E-state index in [0.29, 0.717) is 0 Å². The van der Waals surface area contributed by atoms with Crippen LogP contribution in [-0.2, 0) is 0 Å². The van der Waals surface area contributed by atoms with E-state index in [1.807, 2.05) is 42.6 Å². The molecule has 1 N–H and O–H groups in total. The van der Waals surface area contributed by atoms with Crippen molar-refractivity contribution in [2.75, 3.05) is 13.7 Å². The van der Waals surface area contributed by atoms with E-state index in [1.54, 1.807) is 7.11 Å². The largest absolute Gasteiger partial charge is 0.497 e. The van der Waals surface area contributed by atoms with E-state index in [2.05, 4.69) is 51.1 Å². The van der Waals surface area contributed by atoms with E-state index in [1.165, 1.54) is 0 Å². The summed E-state index contributed by atoms with van der Waals surface area (Å²) in [4.78, 5) is 6.80. The molecule has 5 nitrogen and oxygen atoms in total. The number of nitrogens with one attached hydrogen (secondary N) is 1. The lowest BCUT2D eigenvalue weighted by molar-refractivity contribution is 0.321. The maximum atomic E-state index is 5.63. The summed E-state index contributed by atoms with van der Waals surface area (Å²) in [5.74, 6) is 0.834. The second-order valence-electron chi connectivity index (χ2n) is 6.42. The minimum Gasteiger partial charge on any atom is -0.497 e. The topological polar surface area (TPSA) is 42.3 Å². The number of nitrogens with zero attached hydrogens (tertiary/aromatic N) is 3. The molecule has 0 spiro atoms. The lowest BCUT2D eigenvalue weighted by atomic mass is 10.0. The van der Waals surface area contributed by atoms with Crippen LogP contribution in [0.5, 0.6) is 5.75 Å². The Morgan fingerprint density at radius 2 is 2.04 bits per heavy atom. The molecule has 0 bridgehead atoms. The number of thiocarbonyl (C=S) groups is 1. The molecule has 0 saturated carbocycles. The first kappa shape index (κ1) is 17.5. The fourth-order valence-electron chi connectivity index (χ4n) is 3.70. The van der Waals surface area contributed by atoms with Crippen molar-refractivity contribution >= 4 is 17.3 Å². The second kappa shape index (κ2) is 7.40. The lowest BCUT2D eigenvalue weighted by Crippen LogP contribution is -2.30. The molecule has 0 aliphatic carbocycles. The number of pyridine rings is 1. The third-order valence-electron chi connectivity index (χ3n) is 4.95. The molecule has 1 saturated heterocycles. The van der Waals surface area contributed by atoms with Crippen LogP contribution in [-0.4, -0.2) is 33.2 Å². The first-order valence-electron chi connectivity index (χ1n) is 9.02. The third-order valence-corrected chi connectivity index (χ3v) is 5.31. The number of likely N-dealkylation sites (N-methyl/N-ethyl adjacent to an activating group) is 1. The molecule has 1 fully saturated rings. The molecular formula is C21H22N4OS. The van der Waals surface area contributed by atoms with Crippen LogP contribution in [0.25, 0.3) is 5.69 Å². The van der Waals surface area contributed by atoms with Crippen molar-refractivity contribution in [2.45, 2.75) is 19.0 Å². The third kappa shape index (κ3) is 3.17. The summed E-state index contributed by atoms with van der Waals surface area (Å²) < 4.78 is 7.60. The molecule has 1 aliphatic rings. The van der Waals surface area contributed by atoms with E-state index < -0.39 is 0 Å². The first-order valence-corrected chi connectivity index (χ1v) is 9.43. The number of ether oxygens (including phenoxy) is 1. The highest BCUT2D eigenvalue weighted by atomic mass is 32.1. The van der Waals surface area contributed by atoms with Crippen molar-refractivity contribution in [1.82, 2.24) is 19.8 Å². The molecule has 1 aliphatic heterocycles. The highest BCUT2D eigenvalue weighted by molar-refractivity contribution is 7.80. The molecule has 2 aromatic heterocycles. The van der Waals surface area contributed by atoms with E-state index in [4.69, 9.17) is 17.0 Å². The molecule has 0 radical (unpaired) electrons. The van der Waals surface area contributed by atoms with Crippen LogP contribution in [0, 0.1) is 0 Å². The fourth-order valence-corrected chi connectivity index (χ4v) is 4.07. The number of rotatable bonds is 5. The maximum Gasteiger partial charge on any atom is 0.170 e. The average Bonchev–Trinajstić information content (AvgIpc) is 3.32. The van der Waals surface area contributed by atoms with Crippen molar-refractivity contribution in [3.05, 3.63) is 78.4 Å². The Labute approximate surface area is 164 Å². The van der Waals surface area contributed by atoms with Crippen molar-refractivity contribution in [3.63, 3.8) is 0 Å². The van der Waals surface area contributed by atoms with Gasteiger partial charge in [-0.2, -0.15) is 0 Å². The number of aromatic nitrogens is 2. The van der Waals surface area contributed by atoms with Gasteiger partial charge in [0.05, 0.1) is 24.9 Å². The fraction of sp³-hybridized carbons (Fsp3) is 0.238. The molecule has 3 aromatic rings. The lowest BCUT2D eigenvalue weighted by Gasteiger charge is -2.28. The van der Waals surface area contributed by atoms with Gasteiger partial charge in [-0.3, -0.25) is 4.98 Å². The van der Waals surface area contributed by atoms with Gasteiger partial charge >= 0.3 is 0 Å². The Hall–Kier alpha value is -2.86. The number of methoxy groups -OCH3 is 1. The zero-order valence-corrected chi connectivity index (χ0v) is 16.2. The normalized spacial score (nSPS) is 19.2. The van der Waals surface area contributed by atoms with Gasteiger partial charge in [-0.05, 0) is 55.5 Å². The summed E-state index contributed by atoms with van der Waals surface area (Å²) in [7, 11) is 1.69. The van der Waals surface area contributed by atoms with Gasteiger partial charge in [-0.25, -0.2) is 0 Å². The summed E-state index contributed by atoms with van der Waals surface area (Å²) in [6.07, 6.45) is 3.90. The smallest absolute Gasteiger partial charge is 0.170 e. The van der Waals surface area contributed by atoms with Gasteiger partial charge in [0.2, 0.25) is 0 Å². The molecular weight excluding hydrogens is 356 g/mol. The van der Waals surface area contributed by atoms with Gasteiger partial charge in [-0.1, -0.05) is 12.1 Å². The highest BCUT2D eigenvalue weighted by Crippen LogP contribution is 2.39.